The SMILES string of the molecule is CCCCCCOC(=O)C12OC1(CC=C(C)CC(NC(N)=NC)C1CCNC(N)C1)C(=O)C1CCCCC1C2=O. The number of nitrogens with zero attached hydrogens (tertiary/aromatic N) is 1. The number of guanidine groups is 1. The Morgan fingerprint density at radius 3 is 2.60 bits per heavy atom. The fourth-order valence-electron chi connectivity index (χ4n) is 7.10. The van der Waals surface area contributed by atoms with E-state index in [1.54, 1.807) is 7.05 Å². The summed E-state index contributed by atoms with van der Waals surface area (Å²) in [4.78, 5) is 45.3. The quantitative estimate of drug-likeness (QED) is 0.0535. The normalized spacial score (nSPS) is 35.0. The van der Waals surface area contributed by atoms with Gasteiger partial charge in [0.2, 0.25) is 0 Å². The van der Waals surface area contributed by atoms with E-state index in [4.69, 9.17) is 20.9 Å². The van der Waals surface area contributed by atoms with Gasteiger partial charge in [-0.2, -0.15) is 0 Å². The Hall–Kier alpha value is -2.30. The maximum Gasteiger partial charge on any atom is 0.349 e. The Morgan fingerprint density at radius 2 is 1.93 bits per heavy atom. The summed E-state index contributed by atoms with van der Waals surface area (Å²) in [7, 11) is 1.65. The molecular formula is C30H49N5O5. The molecule has 2 aliphatic heterocycles. The number of carbonyl (C=O) groups excluding carboxylic acids is 3. The van der Waals surface area contributed by atoms with Crippen LogP contribution in [0.3, 0.4) is 0 Å². The van der Waals surface area contributed by atoms with Gasteiger partial charge in [0.1, 0.15) is 0 Å². The number of hydrogen-bond donors (Lipinski definition) is 4. The molecule has 7 unspecified atom stereocenters. The van der Waals surface area contributed by atoms with Crippen LogP contribution in [0.4, 0.5) is 0 Å². The van der Waals surface area contributed by atoms with Crippen LogP contribution in [-0.4, -0.2) is 67.1 Å². The first kappa shape index (κ1) is 30.7. The Labute approximate surface area is 238 Å². The van der Waals surface area contributed by atoms with Gasteiger partial charge in [-0.05, 0) is 57.9 Å². The van der Waals surface area contributed by atoms with Gasteiger partial charge in [0, 0.05) is 31.3 Å². The highest BCUT2D eigenvalue weighted by molar-refractivity contribution is 6.23. The average molecular weight is 560 g/mol. The highest BCUT2D eigenvalue weighted by Gasteiger charge is 2.86. The number of carbonyl (C=O) groups is 3. The van der Waals surface area contributed by atoms with Gasteiger partial charge in [-0.3, -0.25) is 14.6 Å². The number of unbranched alkanes of at least 4 members (excludes halogenated alkanes) is 3. The van der Waals surface area contributed by atoms with Crippen molar-refractivity contribution in [3.05, 3.63) is 11.6 Å². The average Bonchev–Trinajstić information content (AvgIpc) is 3.66. The van der Waals surface area contributed by atoms with Crippen molar-refractivity contribution >= 4 is 23.5 Å². The predicted octanol–water partition coefficient (Wildman–Crippen LogP) is 2.49. The number of fused-ring (bicyclic) bond motifs is 2. The lowest BCUT2D eigenvalue weighted by atomic mass is 9.61. The van der Waals surface area contributed by atoms with Gasteiger partial charge >= 0.3 is 5.97 Å². The van der Waals surface area contributed by atoms with Crippen molar-refractivity contribution in [1.29, 1.82) is 0 Å². The Bertz CT molecular complexity index is 1010. The van der Waals surface area contributed by atoms with E-state index in [0.717, 1.165) is 63.5 Å². The van der Waals surface area contributed by atoms with Crippen LogP contribution in [0.2, 0.25) is 0 Å². The zero-order valence-corrected chi connectivity index (χ0v) is 24.5. The standard InChI is InChI=1S/C30H49N5O5/c1-4-5-6-9-16-39-27(38)30-26(37)22-11-8-7-10-21(22)25(36)29(30,40-30)14-12-19(2)17-23(35-28(32)33-3)20-13-15-34-24(31)18-20/h12,20-24,34H,4-11,13-18,31H2,1-3H3,(H3,32,33,35). The molecule has 0 aromatic heterocycles. The van der Waals surface area contributed by atoms with Crippen molar-refractivity contribution in [3.8, 4) is 0 Å². The molecular weight excluding hydrogens is 510 g/mol. The van der Waals surface area contributed by atoms with E-state index in [1.165, 1.54) is 0 Å². The highest BCUT2D eigenvalue weighted by atomic mass is 16.7. The summed E-state index contributed by atoms with van der Waals surface area (Å²) in [6.07, 6.45) is 11.4. The van der Waals surface area contributed by atoms with E-state index < -0.39 is 23.1 Å². The van der Waals surface area contributed by atoms with E-state index >= 15 is 0 Å². The smallest absolute Gasteiger partial charge is 0.349 e. The number of epoxide rings is 1. The van der Waals surface area contributed by atoms with Crippen molar-refractivity contribution in [1.82, 2.24) is 10.6 Å². The summed E-state index contributed by atoms with van der Waals surface area (Å²) < 4.78 is 11.7. The maximum atomic E-state index is 13.9. The van der Waals surface area contributed by atoms with Crippen molar-refractivity contribution in [2.45, 2.75) is 114 Å². The molecule has 10 heteroatoms. The number of hydrogen-bond acceptors (Lipinski definition) is 8. The van der Waals surface area contributed by atoms with Crippen LogP contribution < -0.4 is 22.1 Å². The van der Waals surface area contributed by atoms with Gasteiger partial charge in [-0.15, -0.1) is 0 Å². The van der Waals surface area contributed by atoms with Crippen molar-refractivity contribution in [2.24, 2.45) is 34.2 Å². The summed E-state index contributed by atoms with van der Waals surface area (Å²) in [6, 6.07) is 0.00924. The van der Waals surface area contributed by atoms with Crippen LogP contribution in [0, 0.1) is 17.8 Å². The van der Waals surface area contributed by atoms with Crippen LogP contribution in [0.5, 0.6) is 0 Å². The summed E-state index contributed by atoms with van der Waals surface area (Å²) in [5, 5.41) is 6.62. The second kappa shape index (κ2) is 13.1. The van der Waals surface area contributed by atoms with Crippen LogP contribution in [-0.2, 0) is 23.9 Å². The van der Waals surface area contributed by atoms with Crippen molar-refractivity contribution in [3.63, 3.8) is 0 Å². The first-order valence-electron chi connectivity index (χ1n) is 15.3. The first-order chi connectivity index (χ1) is 19.2. The third kappa shape index (κ3) is 5.99. The van der Waals surface area contributed by atoms with E-state index in [9.17, 15) is 14.4 Å². The van der Waals surface area contributed by atoms with Gasteiger partial charge in [0.25, 0.3) is 5.60 Å². The number of piperidine rings is 1. The van der Waals surface area contributed by atoms with Crippen molar-refractivity contribution in [2.75, 3.05) is 20.2 Å². The molecule has 0 spiro atoms. The zero-order valence-electron chi connectivity index (χ0n) is 24.5. The molecule has 224 valence electrons. The lowest BCUT2D eigenvalue weighted by Crippen LogP contribution is -2.58. The van der Waals surface area contributed by atoms with Crippen molar-refractivity contribution < 1.29 is 23.9 Å². The van der Waals surface area contributed by atoms with E-state index in [0.29, 0.717) is 25.2 Å². The Morgan fingerprint density at radius 1 is 1.20 bits per heavy atom. The molecule has 0 aromatic rings. The molecule has 0 aromatic carbocycles. The topological polar surface area (TPSA) is 161 Å². The van der Waals surface area contributed by atoms with Crippen LogP contribution in [0.1, 0.15) is 90.9 Å². The number of Topliss-reactive ketones (excluding diaryl/α,β-unsaturated/α-hetero) is 2. The third-order valence-corrected chi connectivity index (χ3v) is 9.46. The zero-order chi connectivity index (χ0) is 28.9. The first-order valence-corrected chi connectivity index (χ1v) is 15.3. The fourth-order valence-corrected chi connectivity index (χ4v) is 7.10. The molecule has 4 aliphatic rings. The molecule has 4 rings (SSSR count). The number of ether oxygens (including phenoxy) is 2. The highest BCUT2D eigenvalue weighted by Crippen LogP contribution is 2.61. The summed E-state index contributed by atoms with van der Waals surface area (Å²) in [6.45, 7) is 5.18. The molecule has 4 fully saturated rings. The van der Waals surface area contributed by atoms with E-state index in [1.807, 2.05) is 13.0 Å². The van der Waals surface area contributed by atoms with Crippen LogP contribution in [0.15, 0.2) is 16.6 Å². The molecule has 2 aliphatic carbocycles. The van der Waals surface area contributed by atoms with E-state index in [2.05, 4.69) is 22.5 Å². The van der Waals surface area contributed by atoms with Gasteiger partial charge < -0.3 is 31.6 Å². The molecule has 0 radical (unpaired) electrons. The minimum absolute atomic E-state index is 0.00924. The molecule has 2 heterocycles. The number of esters is 1. The predicted molar refractivity (Wildman–Crippen MR) is 153 cm³/mol. The third-order valence-electron chi connectivity index (χ3n) is 9.46. The summed E-state index contributed by atoms with van der Waals surface area (Å²) in [5.41, 5.74) is 9.97. The number of ketones is 2. The van der Waals surface area contributed by atoms with E-state index in [-0.39, 0.29) is 48.6 Å². The number of aliphatic imine (C=N–C) groups is 1. The lowest BCUT2D eigenvalue weighted by molar-refractivity contribution is -0.158. The molecule has 0 bridgehead atoms. The molecule has 6 N–H and O–H groups in total. The number of nitrogens with one attached hydrogen (secondary N) is 2. The second-order valence-corrected chi connectivity index (χ2v) is 12.2. The van der Waals surface area contributed by atoms with Gasteiger partial charge in [0.05, 0.1) is 12.8 Å². The Kier molecular flexibility index (Phi) is 10.1. The van der Waals surface area contributed by atoms with Gasteiger partial charge in [-0.1, -0.05) is 50.7 Å². The van der Waals surface area contributed by atoms with Crippen LogP contribution >= 0.6 is 0 Å². The number of rotatable bonds is 12. The lowest BCUT2D eigenvalue weighted by Gasteiger charge is -2.37. The second-order valence-electron chi connectivity index (χ2n) is 12.2. The minimum atomic E-state index is -1.80. The molecule has 7 atom stereocenters. The van der Waals surface area contributed by atoms with Crippen LogP contribution in [0.25, 0.3) is 0 Å². The largest absolute Gasteiger partial charge is 0.463 e. The monoisotopic (exact) mass is 559 g/mol. The summed E-state index contributed by atoms with van der Waals surface area (Å²) >= 11 is 0. The molecule has 2 saturated carbocycles. The summed E-state index contributed by atoms with van der Waals surface area (Å²) in [5.74, 6) is -1.23. The van der Waals surface area contributed by atoms with Gasteiger partial charge in [0.15, 0.2) is 23.1 Å². The minimum Gasteiger partial charge on any atom is -0.463 e. The molecule has 40 heavy (non-hydrogen) atoms. The fraction of sp³-hybridized carbons (Fsp3) is 0.800. The molecule has 2 saturated heterocycles. The Balaban J connectivity index is 1.52. The van der Waals surface area contributed by atoms with Gasteiger partial charge in [-0.25, -0.2) is 4.79 Å². The molecule has 0 amide bonds. The number of nitrogens with two attached hydrogens (primary N) is 2. The molecule has 10 nitrogen and oxygen atoms in total. The maximum absolute atomic E-state index is 13.9.